The quantitative estimate of drug-likeness (QED) is 0.701. The van der Waals surface area contributed by atoms with Crippen LogP contribution in [0.2, 0.25) is 0 Å². The molecule has 8 heteroatoms. The van der Waals surface area contributed by atoms with Crippen molar-refractivity contribution in [2.45, 2.75) is 6.92 Å². The Balaban J connectivity index is 2.10. The molecule has 0 unspecified atom stereocenters. The van der Waals surface area contributed by atoms with Crippen LogP contribution < -0.4 is 9.97 Å². The van der Waals surface area contributed by atoms with E-state index in [2.05, 4.69) is 15.5 Å². The molecule has 0 fully saturated rings. The number of benzene rings is 1. The van der Waals surface area contributed by atoms with Crippen LogP contribution >= 0.6 is 11.3 Å². The predicted octanol–water partition coefficient (Wildman–Crippen LogP) is 0.938. The topological polar surface area (TPSA) is 87.5 Å². The number of anilines is 2. The van der Waals surface area contributed by atoms with Crippen LogP contribution in [0.3, 0.4) is 0 Å². The van der Waals surface area contributed by atoms with Gasteiger partial charge < -0.3 is 20.0 Å². The molecule has 0 saturated carbocycles. The Morgan fingerprint density at radius 2 is 2.18 bits per heavy atom. The number of rotatable bonds is 4. The summed E-state index contributed by atoms with van der Waals surface area (Å²) in [5, 5.41) is 29.7. The van der Waals surface area contributed by atoms with Crippen LogP contribution in [0.25, 0.3) is 0 Å². The van der Waals surface area contributed by atoms with Crippen LogP contribution in [0.4, 0.5) is 10.8 Å². The summed E-state index contributed by atoms with van der Waals surface area (Å²) in [4.78, 5) is 0. The first kappa shape index (κ1) is 11.8. The van der Waals surface area contributed by atoms with Gasteiger partial charge in [-0.1, -0.05) is 17.4 Å². The lowest BCUT2D eigenvalue weighted by molar-refractivity contribution is 0.288. The van der Waals surface area contributed by atoms with Crippen LogP contribution in [0, 0.1) is 6.92 Å². The third-order valence-electron chi connectivity index (χ3n) is 1.85. The van der Waals surface area contributed by atoms with Crippen LogP contribution in [0.15, 0.2) is 24.3 Å². The molecule has 0 radical (unpaired) electrons. The molecule has 0 aliphatic heterocycles. The van der Waals surface area contributed by atoms with Gasteiger partial charge in [0.1, 0.15) is 10.8 Å². The van der Waals surface area contributed by atoms with E-state index in [1.807, 2.05) is 13.0 Å². The Morgan fingerprint density at radius 3 is 2.82 bits per heavy atom. The van der Waals surface area contributed by atoms with Crippen molar-refractivity contribution < 1.29 is 14.7 Å². The maximum absolute atomic E-state index is 8.68. The van der Waals surface area contributed by atoms with E-state index in [0.29, 0.717) is 10.9 Å². The van der Waals surface area contributed by atoms with E-state index in [0.717, 1.165) is 10.7 Å². The van der Waals surface area contributed by atoms with Crippen molar-refractivity contribution >= 4 is 29.5 Å². The fourth-order valence-electron chi connectivity index (χ4n) is 1.24. The van der Waals surface area contributed by atoms with Gasteiger partial charge in [-0.2, -0.15) is 0 Å². The van der Waals surface area contributed by atoms with Crippen molar-refractivity contribution in [1.29, 1.82) is 0 Å². The third kappa shape index (κ3) is 3.41. The van der Waals surface area contributed by atoms with Gasteiger partial charge in [0.25, 0.3) is 0 Å². The molecule has 0 saturated heterocycles. The first-order valence-corrected chi connectivity index (χ1v) is 5.65. The van der Waals surface area contributed by atoms with Gasteiger partial charge in [0, 0.05) is 11.8 Å². The van der Waals surface area contributed by atoms with E-state index >= 15 is 0 Å². The maximum Gasteiger partial charge on any atom is 0.707 e. The van der Waals surface area contributed by atoms with Crippen molar-refractivity contribution in [1.82, 2.24) is 10.2 Å². The number of aryl methyl sites for hydroxylation is 1. The lowest BCUT2D eigenvalue weighted by Gasteiger charge is -2.07. The third-order valence-corrected chi connectivity index (χ3v) is 2.61. The lowest BCUT2D eigenvalue weighted by atomic mass is 10.2. The van der Waals surface area contributed by atoms with Gasteiger partial charge in [-0.25, -0.2) is 0 Å². The molecular weight excluding hydrogens is 241 g/mol. The normalized spacial score (nSPS) is 10.1. The molecule has 6 nitrogen and oxygen atoms in total. The Kier molecular flexibility index (Phi) is 3.57. The molecule has 0 amide bonds. The Morgan fingerprint density at radius 1 is 1.35 bits per heavy atom. The molecule has 0 atom stereocenters. The molecule has 1 aromatic carbocycles. The lowest BCUT2D eigenvalue weighted by Crippen LogP contribution is -2.20. The molecule has 17 heavy (non-hydrogen) atoms. The smallest absolute Gasteiger partial charge is 0.512 e. The molecule has 1 heterocycles. The highest BCUT2D eigenvalue weighted by Gasteiger charge is 2.11. The Bertz CT molecular complexity index is 506. The zero-order valence-electron chi connectivity index (χ0n) is 8.99. The van der Waals surface area contributed by atoms with E-state index in [4.69, 9.17) is 14.7 Å². The second-order valence-electron chi connectivity index (χ2n) is 3.22. The summed E-state index contributed by atoms with van der Waals surface area (Å²) < 4.78 is 4.74. The van der Waals surface area contributed by atoms with Crippen molar-refractivity contribution in [3.05, 3.63) is 29.3 Å². The monoisotopic (exact) mass is 251 g/mol. The second-order valence-corrected chi connectivity index (χ2v) is 4.40. The fourth-order valence-corrected chi connectivity index (χ4v) is 1.85. The maximum atomic E-state index is 8.68. The van der Waals surface area contributed by atoms with Gasteiger partial charge >= 0.3 is 7.32 Å². The van der Waals surface area contributed by atoms with E-state index in [1.165, 1.54) is 11.3 Å². The summed E-state index contributed by atoms with van der Waals surface area (Å²) in [6.07, 6.45) is 0. The molecule has 0 aliphatic carbocycles. The molecule has 0 spiro atoms. The molecule has 0 bridgehead atoms. The summed E-state index contributed by atoms with van der Waals surface area (Å²) in [5.74, 6) is 0.353. The van der Waals surface area contributed by atoms with Crippen LogP contribution in [-0.4, -0.2) is 27.6 Å². The zero-order valence-corrected chi connectivity index (χ0v) is 9.81. The number of nitrogens with one attached hydrogen (secondary N) is 1. The Labute approximate surface area is 102 Å². The van der Waals surface area contributed by atoms with Gasteiger partial charge in [-0.3, -0.25) is 0 Å². The van der Waals surface area contributed by atoms with E-state index in [1.54, 1.807) is 18.2 Å². The van der Waals surface area contributed by atoms with E-state index < -0.39 is 7.32 Å². The summed E-state index contributed by atoms with van der Waals surface area (Å²) in [6.45, 7) is 1.87. The molecule has 88 valence electrons. The van der Waals surface area contributed by atoms with Gasteiger partial charge in [0.2, 0.25) is 5.13 Å². The first-order valence-electron chi connectivity index (χ1n) is 4.83. The van der Waals surface area contributed by atoms with Crippen LogP contribution in [0.1, 0.15) is 5.01 Å². The highest BCUT2D eigenvalue weighted by Crippen LogP contribution is 2.23. The van der Waals surface area contributed by atoms with Gasteiger partial charge in [-0.15, -0.1) is 10.2 Å². The summed E-state index contributed by atoms with van der Waals surface area (Å²) in [5.41, 5.74) is 0.735. The molecule has 3 N–H and O–H groups in total. The predicted molar refractivity (Wildman–Crippen MR) is 65.2 cm³/mol. The number of nitrogens with zero attached hydrogens (tertiary/aromatic N) is 2. The minimum absolute atomic E-state index is 0.353. The standard InChI is InChI=1S/C9H10BN3O3S/c1-6-12-13-9(17-6)11-7-3-2-4-8(5-7)16-10(14)15/h2-5,14-15H,1H3,(H,11,13). The molecule has 1 aromatic heterocycles. The average Bonchev–Trinajstić information content (AvgIpc) is 2.63. The van der Waals surface area contributed by atoms with Crippen molar-refractivity contribution in [3.8, 4) is 5.75 Å². The van der Waals surface area contributed by atoms with Crippen LogP contribution in [-0.2, 0) is 0 Å². The average molecular weight is 251 g/mol. The zero-order chi connectivity index (χ0) is 12.3. The second kappa shape index (κ2) is 5.13. The van der Waals surface area contributed by atoms with E-state index in [-0.39, 0.29) is 0 Å². The van der Waals surface area contributed by atoms with Gasteiger partial charge in [0.15, 0.2) is 0 Å². The number of aromatic nitrogens is 2. The fraction of sp³-hybridized carbons (Fsp3) is 0.111. The van der Waals surface area contributed by atoms with Gasteiger partial charge in [0.05, 0.1) is 0 Å². The van der Waals surface area contributed by atoms with Crippen molar-refractivity contribution in [2.75, 3.05) is 5.32 Å². The highest BCUT2D eigenvalue weighted by atomic mass is 32.1. The minimum Gasteiger partial charge on any atom is -0.512 e. The molecule has 2 rings (SSSR count). The van der Waals surface area contributed by atoms with Gasteiger partial charge in [-0.05, 0) is 19.1 Å². The largest absolute Gasteiger partial charge is 0.707 e. The minimum atomic E-state index is -1.82. The Hall–Kier alpha value is -1.64. The SMILES string of the molecule is Cc1nnc(Nc2cccc(OB(O)O)c2)s1. The number of hydrogen-bond donors (Lipinski definition) is 3. The van der Waals surface area contributed by atoms with Crippen molar-refractivity contribution in [3.63, 3.8) is 0 Å². The molecular formula is C9H10BN3O3S. The number of hydrogen-bond acceptors (Lipinski definition) is 7. The molecule has 0 aliphatic rings. The highest BCUT2D eigenvalue weighted by molar-refractivity contribution is 7.15. The van der Waals surface area contributed by atoms with Crippen LogP contribution in [0.5, 0.6) is 5.75 Å². The summed E-state index contributed by atoms with van der Waals surface area (Å²) in [7, 11) is -1.82. The van der Waals surface area contributed by atoms with E-state index in [9.17, 15) is 0 Å². The van der Waals surface area contributed by atoms with Crippen molar-refractivity contribution in [2.24, 2.45) is 0 Å². The molecule has 2 aromatic rings. The summed E-state index contributed by atoms with van der Waals surface area (Å²) in [6, 6.07) is 6.80. The summed E-state index contributed by atoms with van der Waals surface area (Å²) >= 11 is 1.43. The first-order chi connectivity index (χ1) is 8.13.